The summed E-state index contributed by atoms with van der Waals surface area (Å²) >= 11 is 1.77. The molecule has 5 nitrogen and oxygen atoms in total. The van der Waals surface area contributed by atoms with Gasteiger partial charge in [-0.05, 0) is 37.3 Å². The third-order valence-electron chi connectivity index (χ3n) is 5.85. The molecular weight excluding hydrogens is 336 g/mol. The third kappa shape index (κ3) is 3.17. The molecular formula is C19H24N2O3S. The van der Waals surface area contributed by atoms with Crippen LogP contribution in [0.4, 0.5) is 5.69 Å². The van der Waals surface area contributed by atoms with Crippen LogP contribution in [0.15, 0.2) is 29.2 Å². The minimum Gasteiger partial charge on any atom is -0.480 e. The van der Waals surface area contributed by atoms with Crippen LogP contribution in [-0.4, -0.2) is 52.8 Å². The average Bonchev–Trinajstić information content (AvgIpc) is 3.00. The fourth-order valence-electron chi connectivity index (χ4n) is 4.69. The van der Waals surface area contributed by atoms with Gasteiger partial charge in [-0.1, -0.05) is 25.0 Å². The predicted octanol–water partition coefficient (Wildman–Crippen LogP) is 2.84. The third-order valence-corrected chi connectivity index (χ3v) is 6.90. The van der Waals surface area contributed by atoms with Gasteiger partial charge in [0.25, 0.3) is 0 Å². The van der Waals surface area contributed by atoms with E-state index in [1.165, 1.54) is 6.42 Å². The molecule has 0 spiro atoms. The van der Waals surface area contributed by atoms with Crippen molar-refractivity contribution < 1.29 is 14.7 Å². The number of fused-ring (bicyclic) bond motifs is 2. The summed E-state index contributed by atoms with van der Waals surface area (Å²) < 4.78 is 0. The molecule has 0 radical (unpaired) electrons. The van der Waals surface area contributed by atoms with Crippen LogP contribution in [0.25, 0.3) is 0 Å². The second kappa shape index (κ2) is 7.00. The van der Waals surface area contributed by atoms with Crippen molar-refractivity contribution in [3.8, 4) is 0 Å². The molecule has 3 atom stereocenters. The number of benzene rings is 1. The monoisotopic (exact) mass is 360 g/mol. The van der Waals surface area contributed by atoms with Crippen molar-refractivity contribution in [2.24, 2.45) is 5.92 Å². The molecule has 2 heterocycles. The van der Waals surface area contributed by atoms with Crippen molar-refractivity contribution in [2.45, 2.75) is 49.1 Å². The molecule has 3 aliphatic rings. The molecule has 134 valence electrons. The van der Waals surface area contributed by atoms with Gasteiger partial charge in [-0.15, -0.1) is 11.8 Å². The number of carboxylic acids is 1. The lowest BCUT2D eigenvalue weighted by molar-refractivity contribution is -0.143. The summed E-state index contributed by atoms with van der Waals surface area (Å²) in [6.45, 7) is 0.914. The molecule has 1 saturated carbocycles. The number of carbonyl (C=O) groups is 2. The molecule has 0 unspecified atom stereocenters. The first kappa shape index (κ1) is 16.9. The standard InChI is InChI=1S/C19H24N2O3S/c22-18(20-9-10-25-17-8-4-3-7-15(17)20)12-21-14-6-2-1-5-13(14)11-16(21)19(23)24/h3-4,7-8,13-14,16H,1-2,5-6,9-12H2,(H,23,24)/t13-,14+,16-/m0/s1. The Kier molecular flexibility index (Phi) is 4.73. The Morgan fingerprint density at radius 3 is 2.84 bits per heavy atom. The smallest absolute Gasteiger partial charge is 0.320 e. The maximum atomic E-state index is 13.0. The number of thioether (sulfide) groups is 1. The van der Waals surface area contributed by atoms with E-state index in [-0.39, 0.29) is 18.5 Å². The summed E-state index contributed by atoms with van der Waals surface area (Å²) in [5.74, 6) is 0.575. The van der Waals surface area contributed by atoms with Crippen LogP contribution < -0.4 is 4.90 Å². The van der Waals surface area contributed by atoms with E-state index in [2.05, 4.69) is 0 Å². The number of rotatable bonds is 3. The van der Waals surface area contributed by atoms with Gasteiger partial charge in [0.1, 0.15) is 6.04 Å². The molecule has 1 aromatic carbocycles. The number of nitrogens with zero attached hydrogens (tertiary/aromatic N) is 2. The first-order valence-electron chi connectivity index (χ1n) is 9.16. The highest BCUT2D eigenvalue weighted by Crippen LogP contribution is 2.40. The predicted molar refractivity (Wildman–Crippen MR) is 98.0 cm³/mol. The highest BCUT2D eigenvalue weighted by molar-refractivity contribution is 7.99. The van der Waals surface area contributed by atoms with E-state index in [0.29, 0.717) is 18.9 Å². The van der Waals surface area contributed by atoms with Gasteiger partial charge in [-0.25, -0.2) is 0 Å². The van der Waals surface area contributed by atoms with Crippen LogP contribution >= 0.6 is 11.8 Å². The zero-order chi connectivity index (χ0) is 17.4. The van der Waals surface area contributed by atoms with Gasteiger partial charge in [0.2, 0.25) is 5.91 Å². The number of amides is 1. The van der Waals surface area contributed by atoms with E-state index in [1.807, 2.05) is 34.1 Å². The normalized spacial score (nSPS) is 29.1. The van der Waals surface area contributed by atoms with Gasteiger partial charge in [0.05, 0.1) is 12.2 Å². The number of hydrogen-bond acceptors (Lipinski definition) is 4. The first-order chi connectivity index (χ1) is 12.1. The summed E-state index contributed by atoms with van der Waals surface area (Å²) in [6, 6.07) is 7.74. The van der Waals surface area contributed by atoms with Gasteiger partial charge < -0.3 is 10.0 Å². The number of para-hydroxylation sites is 1. The van der Waals surface area contributed by atoms with Gasteiger partial charge >= 0.3 is 5.97 Å². The van der Waals surface area contributed by atoms with E-state index >= 15 is 0 Å². The van der Waals surface area contributed by atoms with Crippen LogP contribution in [-0.2, 0) is 9.59 Å². The molecule has 1 aromatic rings. The van der Waals surface area contributed by atoms with Gasteiger partial charge in [0, 0.05) is 23.2 Å². The SMILES string of the molecule is O=C(O)[C@@H]1C[C@@H]2CCCC[C@H]2N1CC(=O)N1CCSc2ccccc21. The van der Waals surface area contributed by atoms with Crippen LogP contribution in [0.1, 0.15) is 32.1 Å². The van der Waals surface area contributed by atoms with Crippen molar-refractivity contribution in [1.82, 2.24) is 4.90 Å². The maximum Gasteiger partial charge on any atom is 0.320 e. The zero-order valence-corrected chi connectivity index (χ0v) is 15.1. The highest BCUT2D eigenvalue weighted by Gasteiger charge is 2.46. The molecule has 1 N–H and O–H groups in total. The Hall–Kier alpha value is -1.53. The second-order valence-electron chi connectivity index (χ2n) is 7.24. The number of anilines is 1. The van der Waals surface area contributed by atoms with Crippen LogP contribution in [0.3, 0.4) is 0 Å². The van der Waals surface area contributed by atoms with E-state index in [4.69, 9.17) is 0 Å². The fourth-order valence-corrected chi connectivity index (χ4v) is 5.69. The number of likely N-dealkylation sites (tertiary alicyclic amines) is 1. The molecule has 4 rings (SSSR count). The number of carbonyl (C=O) groups excluding carboxylic acids is 1. The molecule has 6 heteroatoms. The molecule has 1 amide bonds. The van der Waals surface area contributed by atoms with Gasteiger partial charge in [-0.2, -0.15) is 0 Å². The van der Waals surface area contributed by atoms with Crippen molar-refractivity contribution in [2.75, 3.05) is 23.7 Å². The summed E-state index contributed by atoms with van der Waals surface area (Å²) in [6.07, 6.45) is 5.14. The van der Waals surface area contributed by atoms with Gasteiger partial charge in [0.15, 0.2) is 0 Å². The van der Waals surface area contributed by atoms with Crippen molar-refractivity contribution >= 4 is 29.3 Å². The largest absolute Gasteiger partial charge is 0.480 e. The Morgan fingerprint density at radius 2 is 2.00 bits per heavy atom. The Bertz CT molecular complexity index is 680. The van der Waals surface area contributed by atoms with Gasteiger partial charge in [-0.3, -0.25) is 14.5 Å². The zero-order valence-electron chi connectivity index (χ0n) is 14.3. The molecule has 25 heavy (non-hydrogen) atoms. The Balaban J connectivity index is 1.54. The molecule has 1 saturated heterocycles. The number of aliphatic carboxylic acids is 1. The lowest BCUT2D eigenvalue weighted by atomic mass is 9.85. The van der Waals surface area contributed by atoms with Crippen molar-refractivity contribution in [1.29, 1.82) is 0 Å². The van der Waals surface area contributed by atoms with E-state index < -0.39 is 12.0 Å². The molecule has 1 aliphatic carbocycles. The minimum atomic E-state index is -0.781. The fraction of sp³-hybridized carbons (Fsp3) is 0.579. The molecule has 0 aromatic heterocycles. The number of carboxylic acid groups (broad SMARTS) is 1. The lowest BCUT2D eigenvalue weighted by Crippen LogP contribution is -2.49. The topological polar surface area (TPSA) is 60.9 Å². The Labute approximate surface area is 152 Å². The van der Waals surface area contributed by atoms with Crippen LogP contribution in [0.2, 0.25) is 0 Å². The average molecular weight is 360 g/mol. The summed E-state index contributed by atoms with van der Waals surface area (Å²) in [7, 11) is 0. The van der Waals surface area contributed by atoms with E-state index in [0.717, 1.165) is 35.6 Å². The highest BCUT2D eigenvalue weighted by atomic mass is 32.2. The molecule has 2 fully saturated rings. The summed E-state index contributed by atoms with van der Waals surface area (Å²) in [4.78, 5) is 29.7. The van der Waals surface area contributed by atoms with Crippen molar-refractivity contribution in [3.63, 3.8) is 0 Å². The summed E-state index contributed by atoms with van der Waals surface area (Å²) in [5, 5.41) is 9.64. The Morgan fingerprint density at radius 1 is 1.20 bits per heavy atom. The maximum absolute atomic E-state index is 13.0. The minimum absolute atomic E-state index is 0.0326. The van der Waals surface area contributed by atoms with Crippen LogP contribution in [0.5, 0.6) is 0 Å². The van der Waals surface area contributed by atoms with Crippen molar-refractivity contribution in [3.05, 3.63) is 24.3 Å². The summed E-state index contributed by atoms with van der Waals surface area (Å²) in [5.41, 5.74) is 0.968. The first-order valence-corrected chi connectivity index (χ1v) is 10.1. The van der Waals surface area contributed by atoms with E-state index in [9.17, 15) is 14.7 Å². The van der Waals surface area contributed by atoms with Crippen LogP contribution in [0, 0.1) is 5.92 Å². The second-order valence-corrected chi connectivity index (χ2v) is 8.37. The number of hydrogen-bond donors (Lipinski definition) is 1. The quantitative estimate of drug-likeness (QED) is 0.898. The lowest BCUT2D eigenvalue weighted by Gasteiger charge is -2.35. The van der Waals surface area contributed by atoms with E-state index in [1.54, 1.807) is 11.8 Å². The molecule has 2 aliphatic heterocycles. The molecule has 0 bridgehead atoms.